The van der Waals surface area contributed by atoms with E-state index >= 15 is 0 Å². The third kappa shape index (κ3) is 3.10. The van der Waals surface area contributed by atoms with Crippen LogP contribution < -0.4 is 0 Å². The van der Waals surface area contributed by atoms with Crippen LogP contribution in [0, 0.1) is 0 Å². The van der Waals surface area contributed by atoms with Gasteiger partial charge in [0, 0.05) is 0 Å². The molecule has 0 bridgehead atoms. The van der Waals surface area contributed by atoms with Gasteiger partial charge in [-0.15, -0.1) is 0 Å². The predicted molar refractivity (Wildman–Crippen MR) is 73.4 cm³/mol. The molecule has 0 aromatic carbocycles. The van der Waals surface area contributed by atoms with Crippen LogP contribution in [0.1, 0.15) is 0 Å². The monoisotopic (exact) mass is 340 g/mol. The van der Waals surface area contributed by atoms with Crippen LogP contribution in [0.2, 0.25) is 42.9 Å². The van der Waals surface area contributed by atoms with Gasteiger partial charge in [0.05, 0.1) is 0 Å². The molecule has 80 valence electrons. The third-order valence-electron chi connectivity index (χ3n) is 2.50. The predicted octanol–water partition coefficient (Wildman–Crippen LogP) is 3.69. The second-order valence-corrected chi connectivity index (χ2v) is 20.7. The Balaban J connectivity index is 3.00. The normalized spacial score (nSPS) is 23.6. The fraction of sp³-hybridized carbons (Fsp3) is 0.636. The zero-order chi connectivity index (χ0) is 11.0. The maximum atomic E-state index is 2.54. The van der Waals surface area contributed by atoms with E-state index in [-0.39, 0.29) is 20.9 Å². The van der Waals surface area contributed by atoms with E-state index in [4.69, 9.17) is 0 Å². The summed E-state index contributed by atoms with van der Waals surface area (Å²) < 4.78 is 3.52. The van der Waals surface area contributed by atoms with Crippen LogP contribution in [0.15, 0.2) is 21.5 Å². The van der Waals surface area contributed by atoms with Gasteiger partial charge in [-0.1, -0.05) is 0 Å². The first-order valence-corrected chi connectivity index (χ1v) is 15.0. The van der Waals surface area contributed by atoms with Crippen molar-refractivity contribution in [1.82, 2.24) is 0 Å². The number of rotatable bonds is 2. The first-order valence-electron chi connectivity index (χ1n) is 5.25. The van der Waals surface area contributed by atoms with E-state index in [9.17, 15) is 0 Å². The molecule has 3 heteroatoms. The fourth-order valence-corrected chi connectivity index (χ4v) is 16.2. The summed E-state index contributed by atoms with van der Waals surface area (Å²) in [7, 11) is -2.01. The molecule has 1 rings (SSSR count). The van der Waals surface area contributed by atoms with Crippen LogP contribution in [0.3, 0.4) is 0 Å². The molecule has 1 unspecified atom stereocenters. The molecule has 0 spiro atoms. The van der Waals surface area contributed by atoms with Crippen LogP contribution >= 0.6 is 0 Å². The zero-order valence-electron chi connectivity index (χ0n) is 10.2. The van der Waals surface area contributed by atoms with Crippen LogP contribution in [0.4, 0.5) is 0 Å². The Morgan fingerprint density at radius 3 is 2.00 bits per heavy atom. The summed E-state index contributed by atoms with van der Waals surface area (Å²) in [5.74, 6) is 0. The summed E-state index contributed by atoms with van der Waals surface area (Å²) in [6.45, 7) is 15.1. The van der Waals surface area contributed by atoms with Crippen molar-refractivity contribution < 1.29 is 0 Å². The van der Waals surface area contributed by atoms with Crippen molar-refractivity contribution >= 4 is 37.1 Å². The van der Waals surface area contributed by atoms with Crippen LogP contribution in [0.25, 0.3) is 0 Å². The Hall–Kier alpha value is 0.703. The van der Waals surface area contributed by atoms with E-state index in [0.717, 1.165) is 3.59 Å². The number of hydrogen-bond donors (Lipinski definition) is 0. The molecule has 1 aliphatic heterocycles. The molecule has 14 heavy (non-hydrogen) atoms. The van der Waals surface area contributed by atoms with Crippen molar-refractivity contribution in [2.75, 3.05) is 0 Å². The number of hydrogen-bond acceptors (Lipinski definition) is 0. The van der Waals surface area contributed by atoms with Crippen molar-refractivity contribution in [2.45, 2.75) is 42.9 Å². The molecule has 1 atom stereocenters. The number of allylic oxidation sites excluding steroid dienone is 3. The molecule has 0 aromatic heterocycles. The van der Waals surface area contributed by atoms with Gasteiger partial charge >= 0.3 is 101 Å². The summed E-state index contributed by atoms with van der Waals surface area (Å²) in [6, 6.07) is 0. The summed E-state index contributed by atoms with van der Waals surface area (Å²) >= 11 is 0.119. The zero-order valence-corrected chi connectivity index (χ0v) is 14.5. The summed E-state index contributed by atoms with van der Waals surface area (Å²) in [6.07, 6.45) is 4.77. The first kappa shape index (κ1) is 12.8. The average molecular weight is 338 g/mol. The van der Waals surface area contributed by atoms with Gasteiger partial charge in [0.1, 0.15) is 0 Å². The Labute approximate surface area is 101 Å². The molecule has 0 nitrogen and oxygen atoms in total. The second-order valence-electron chi connectivity index (χ2n) is 6.08. The maximum absolute atomic E-state index is 2.54. The molecule has 0 fully saturated rings. The molecule has 0 radical (unpaired) electrons. The van der Waals surface area contributed by atoms with Gasteiger partial charge in [0.15, 0.2) is 0 Å². The van der Waals surface area contributed by atoms with E-state index in [1.807, 2.05) is 5.20 Å². The van der Waals surface area contributed by atoms with Crippen LogP contribution in [-0.2, 0) is 0 Å². The Morgan fingerprint density at radius 1 is 1.07 bits per heavy atom. The van der Waals surface area contributed by atoms with Crippen LogP contribution in [-0.4, -0.2) is 37.1 Å². The fourth-order valence-electron chi connectivity index (χ4n) is 1.74. The molecule has 0 N–H and O–H groups in total. The molecule has 1 heterocycles. The molecular formula is C11H22Si2Te. The summed E-state index contributed by atoms with van der Waals surface area (Å²) in [4.78, 5) is 0. The summed E-state index contributed by atoms with van der Waals surface area (Å²) in [5.41, 5.74) is 0. The molecule has 1 aliphatic rings. The van der Waals surface area contributed by atoms with Gasteiger partial charge in [-0.25, -0.2) is 0 Å². The van der Waals surface area contributed by atoms with Crippen LogP contribution in [0.5, 0.6) is 0 Å². The van der Waals surface area contributed by atoms with Gasteiger partial charge in [-0.2, -0.15) is 0 Å². The van der Waals surface area contributed by atoms with Crippen molar-refractivity contribution in [3.8, 4) is 0 Å². The topological polar surface area (TPSA) is 0 Å². The van der Waals surface area contributed by atoms with Crippen molar-refractivity contribution in [2.24, 2.45) is 0 Å². The van der Waals surface area contributed by atoms with Crippen molar-refractivity contribution in [3.05, 3.63) is 21.5 Å². The molecule has 0 saturated carbocycles. The van der Waals surface area contributed by atoms with Crippen molar-refractivity contribution in [3.63, 3.8) is 0 Å². The minimum absolute atomic E-state index is 0.119. The van der Waals surface area contributed by atoms with E-state index in [1.165, 1.54) is 0 Å². The van der Waals surface area contributed by atoms with E-state index in [0.29, 0.717) is 0 Å². The SMILES string of the molecule is C[Si](C)(C)C1=CC=C[Te]C1[Si](C)(C)C. The van der Waals surface area contributed by atoms with Gasteiger partial charge in [-0.3, -0.25) is 0 Å². The molecule has 0 amide bonds. The van der Waals surface area contributed by atoms with E-state index in [1.54, 1.807) is 0 Å². The van der Waals surface area contributed by atoms with Gasteiger partial charge in [-0.05, 0) is 0 Å². The molecular weight excluding hydrogens is 316 g/mol. The minimum atomic E-state index is -1.05. The van der Waals surface area contributed by atoms with E-state index < -0.39 is 16.1 Å². The quantitative estimate of drug-likeness (QED) is 0.674. The first-order chi connectivity index (χ1) is 6.23. The molecule has 0 aromatic rings. The Kier molecular flexibility index (Phi) is 3.91. The average Bonchev–Trinajstić information content (AvgIpc) is 2.01. The van der Waals surface area contributed by atoms with Crippen molar-refractivity contribution in [1.29, 1.82) is 0 Å². The van der Waals surface area contributed by atoms with Gasteiger partial charge < -0.3 is 0 Å². The molecule has 0 aliphatic carbocycles. The summed E-state index contributed by atoms with van der Waals surface area (Å²) in [5, 5.41) is 1.86. The van der Waals surface area contributed by atoms with Gasteiger partial charge in [0.2, 0.25) is 0 Å². The second kappa shape index (κ2) is 4.29. The third-order valence-corrected chi connectivity index (χ3v) is 16.9. The van der Waals surface area contributed by atoms with E-state index in [2.05, 4.69) is 55.6 Å². The standard InChI is InChI=1S/C11H22Si2Te/c1-12(2,3)10-8-7-9-14-11(10)13(4,5)6/h7-9,11H,1-6H3. The Bertz CT molecular complexity index is 266. The Morgan fingerprint density at radius 2 is 1.64 bits per heavy atom. The molecule has 0 saturated heterocycles. The van der Waals surface area contributed by atoms with Gasteiger partial charge in [0.25, 0.3) is 0 Å².